The zero-order valence-corrected chi connectivity index (χ0v) is 12.4. The van der Waals surface area contributed by atoms with E-state index >= 15 is 0 Å². The van der Waals surface area contributed by atoms with Crippen LogP contribution >= 0.6 is 0 Å². The second-order valence-electron chi connectivity index (χ2n) is 5.19. The van der Waals surface area contributed by atoms with Gasteiger partial charge in [0.25, 0.3) is 0 Å². The molecule has 1 aromatic rings. The highest BCUT2D eigenvalue weighted by Crippen LogP contribution is 2.37. The van der Waals surface area contributed by atoms with Crippen LogP contribution in [0, 0.1) is 5.92 Å². The molecule has 5 nitrogen and oxygen atoms in total. The first-order valence-corrected chi connectivity index (χ1v) is 7.89. The number of hydrogen-bond donors (Lipinski definition) is 2. The Morgan fingerprint density at radius 1 is 1.42 bits per heavy atom. The van der Waals surface area contributed by atoms with E-state index < -0.39 is 10.0 Å². The first kappa shape index (κ1) is 14.1. The van der Waals surface area contributed by atoms with E-state index in [2.05, 4.69) is 12.2 Å². The van der Waals surface area contributed by atoms with E-state index in [1.54, 1.807) is 12.1 Å². The van der Waals surface area contributed by atoms with Crippen LogP contribution in [0.25, 0.3) is 0 Å². The summed E-state index contributed by atoms with van der Waals surface area (Å²) >= 11 is 0. The number of hydrogen-bond acceptors (Lipinski definition) is 4. The molecule has 1 saturated carbocycles. The number of nitrogens with two attached hydrogens (primary N) is 1. The van der Waals surface area contributed by atoms with Crippen LogP contribution in [0.5, 0.6) is 0 Å². The van der Waals surface area contributed by atoms with Gasteiger partial charge in [-0.05, 0) is 30.5 Å². The molecule has 0 aliphatic heterocycles. The Bertz CT molecular complexity index is 569. The zero-order valence-electron chi connectivity index (χ0n) is 11.6. The van der Waals surface area contributed by atoms with E-state index in [1.165, 1.54) is 24.5 Å². The van der Waals surface area contributed by atoms with Crippen LogP contribution in [-0.4, -0.2) is 32.9 Å². The Kier molecular flexibility index (Phi) is 3.73. The van der Waals surface area contributed by atoms with Crippen molar-refractivity contribution in [3.8, 4) is 0 Å². The van der Waals surface area contributed by atoms with Crippen molar-refractivity contribution in [3.63, 3.8) is 0 Å². The molecule has 1 fully saturated rings. The molecule has 1 aliphatic rings. The monoisotopic (exact) mass is 283 g/mol. The van der Waals surface area contributed by atoms with Crippen LogP contribution in [0.3, 0.4) is 0 Å². The number of sulfonamides is 1. The van der Waals surface area contributed by atoms with Gasteiger partial charge in [0.15, 0.2) is 0 Å². The third kappa shape index (κ3) is 2.84. The lowest BCUT2D eigenvalue weighted by molar-refractivity contribution is 0.521. The number of anilines is 2. The predicted octanol–water partition coefficient (Wildman–Crippen LogP) is 1.73. The predicted molar refractivity (Wildman–Crippen MR) is 77.5 cm³/mol. The number of nitrogens with zero attached hydrogens (tertiary/aromatic N) is 1. The van der Waals surface area contributed by atoms with Crippen molar-refractivity contribution in [2.75, 3.05) is 25.1 Å². The molecule has 2 atom stereocenters. The third-order valence-electron chi connectivity index (χ3n) is 3.59. The van der Waals surface area contributed by atoms with Crippen molar-refractivity contribution in [1.29, 1.82) is 0 Å². The fourth-order valence-electron chi connectivity index (χ4n) is 2.12. The van der Waals surface area contributed by atoms with Crippen molar-refractivity contribution in [3.05, 3.63) is 18.2 Å². The van der Waals surface area contributed by atoms with Gasteiger partial charge in [-0.15, -0.1) is 0 Å². The average Bonchev–Trinajstić information content (AvgIpc) is 3.09. The Morgan fingerprint density at radius 2 is 2.11 bits per heavy atom. The Labute approximate surface area is 114 Å². The van der Waals surface area contributed by atoms with Crippen molar-refractivity contribution in [2.45, 2.75) is 30.7 Å². The fraction of sp³-hybridized carbons (Fsp3) is 0.538. The second-order valence-corrected chi connectivity index (χ2v) is 7.34. The maximum atomic E-state index is 12.0. The number of nitrogen functional groups attached to an aromatic ring is 1. The van der Waals surface area contributed by atoms with Gasteiger partial charge in [0.05, 0.1) is 16.3 Å². The Balaban J connectivity index is 2.18. The first-order valence-electron chi connectivity index (χ1n) is 6.45. The summed E-state index contributed by atoms with van der Waals surface area (Å²) in [6, 6.07) is 5.33. The molecule has 0 bridgehead atoms. The standard InChI is InChI=1S/C13H21N3O2S/c1-4-9-7-13(9)15-12-6-5-10(8-11(12)14)19(17,18)16(2)3/h5-6,8-9,13,15H,4,7,14H2,1-3H3. The molecule has 2 rings (SSSR count). The summed E-state index contributed by atoms with van der Waals surface area (Å²) in [4.78, 5) is 0.225. The van der Waals surface area contributed by atoms with E-state index in [-0.39, 0.29) is 4.90 Å². The average molecular weight is 283 g/mol. The first-order chi connectivity index (χ1) is 8.86. The molecule has 0 aromatic heterocycles. The van der Waals surface area contributed by atoms with E-state index in [9.17, 15) is 8.42 Å². The second kappa shape index (κ2) is 5.02. The summed E-state index contributed by atoms with van der Waals surface area (Å²) in [5.41, 5.74) is 7.23. The smallest absolute Gasteiger partial charge is 0.242 e. The van der Waals surface area contributed by atoms with Gasteiger partial charge in [-0.25, -0.2) is 12.7 Å². The topological polar surface area (TPSA) is 75.4 Å². The number of benzene rings is 1. The van der Waals surface area contributed by atoms with Gasteiger partial charge in [0, 0.05) is 20.1 Å². The zero-order chi connectivity index (χ0) is 14.2. The van der Waals surface area contributed by atoms with Crippen molar-refractivity contribution < 1.29 is 8.42 Å². The van der Waals surface area contributed by atoms with Crippen LogP contribution in [0.1, 0.15) is 19.8 Å². The van der Waals surface area contributed by atoms with Gasteiger partial charge >= 0.3 is 0 Å². The van der Waals surface area contributed by atoms with E-state index in [0.29, 0.717) is 17.6 Å². The quantitative estimate of drug-likeness (QED) is 0.807. The van der Waals surface area contributed by atoms with Gasteiger partial charge in [-0.3, -0.25) is 0 Å². The van der Waals surface area contributed by atoms with Crippen molar-refractivity contribution in [2.24, 2.45) is 5.92 Å². The van der Waals surface area contributed by atoms with Crippen LogP contribution < -0.4 is 11.1 Å². The molecule has 1 aliphatic carbocycles. The molecule has 6 heteroatoms. The lowest BCUT2D eigenvalue weighted by Gasteiger charge is -2.14. The van der Waals surface area contributed by atoms with Gasteiger partial charge < -0.3 is 11.1 Å². The van der Waals surface area contributed by atoms with Crippen LogP contribution in [-0.2, 0) is 10.0 Å². The minimum Gasteiger partial charge on any atom is -0.397 e. The van der Waals surface area contributed by atoms with Gasteiger partial charge in [-0.1, -0.05) is 13.3 Å². The summed E-state index contributed by atoms with van der Waals surface area (Å²) in [7, 11) is -0.404. The molecule has 1 aromatic carbocycles. The molecular formula is C13H21N3O2S. The van der Waals surface area contributed by atoms with Crippen LogP contribution in [0.2, 0.25) is 0 Å². The van der Waals surface area contributed by atoms with E-state index in [1.807, 2.05) is 0 Å². The van der Waals surface area contributed by atoms with Crippen molar-refractivity contribution >= 4 is 21.4 Å². The molecule has 106 valence electrons. The summed E-state index contributed by atoms with van der Waals surface area (Å²) in [6.45, 7) is 2.17. The molecule has 0 amide bonds. The Morgan fingerprint density at radius 3 is 2.58 bits per heavy atom. The lowest BCUT2D eigenvalue weighted by atomic mass is 10.2. The molecule has 2 unspecified atom stereocenters. The minimum atomic E-state index is -3.42. The summed E-state index contributed by atoms with van der Waals surface area (Å²) < 4.78 is 25.1. The highest BCUT2D eigenvalue weighted by atomic mass is 32.2. The highest BCUT2D eigenvalue weighted by molar-refractivity contribution is 7.89. The summed E-state index contributed by atoms with van der Waals surface area (Å²) in [5, 5.41) is 3.36. The minimum absolute atomic E-state index is 0.225. The molecule has 19 heavy (non-hydrogen) atoms. The lowest BCUT2D eigenvalue weighted by Crippen LogP contribution is -2.22. The fourth-order valence-corrected chi connectivity index (χ4v) is 3.06. The molecule has 0 spiro atoms. The van der Waals surface area contributed by atoms with Crippen molar-refractivity contribution in [1.82, 2.24) is 4.31 Å². The highest BCUT2D eigenvalue weighted by Gasteiger charge is 2.35. The maximum Gasteiger partial charge on any atom is 0.242 e. The van der Waals surface area contributed by atoms with E-state index in [0.717, 1.165) is 18.5 Å². The van der Waals surface area contributed by atoms with Gasteiger partial charge in [-0.2, -0.15) is 0 Å². The maximum absolute atomic E-state index is 12.0. The van der Waals surface area contributed by atoms with Gasteiger partial charge in [0.1, 0.15) is 0 Å². The number of rotatable bonds is 5. The molecule has 3 N–H and O–H groups in total. The number of nitrogens with one attached hydrogen (secondary N) is 1. The van der Waals surface area contributed by atoms with Crippen LogP contribution in [0.4, 0.5) is 11.4 Å². The van der Waals surface area contributed by atoms with E-state index in [4.69, 9.17) is 5.73 Å². The Hall–Kier alpha value is -1.27. The summed E-state index contributed by atoms with van der Waals surface area (Å²) in [6.07, 6.45) is 2.32. The molecule has 0 saturated heterocycles. The summed E-state index contributed by atoms with van der Waals surface area (Å²) in [5.74, 6) is 0.713. The SMILES string of the molecule is CCC1CC1Nc1ccc(S(=O)(=O)N(C)C)cc1N. The van der Waals surface area contributed by atoms with Gasteiger partial charge in [0.2, 0.25) is 10.0 Å². The molecule has 0 radical (unpaired) electrons. The normalized spacial score (nSPS) is 22.5. The third-order valence-corrected chi connectivity index (χ3v) is 5.40. The molecular weight excluding hydrogens is 262 g/mol. The largest absolute Gasteiger partial charge is 0.397 e. The molecule has 0 heterocycles. The van der Waals surface area contributed by atoms with Crippen LogP contribution in [0.15, 0.2) is 23.1 Å².